The molecule has 1 saturated heterocycles. The lowest BCUT2D eigenvalue weighted by atomic mass is 9.63. The molecule has 5 aliphatic rings. The van der Waals surface area contributed by atoms with E-state index in [2.05, 4.69) is 33.4 Å². The molecule has 6 atom stereocenters. The zero-order chi connectivity index (χ0) is 18.9. The number of nitrogens with one attached hydrogen (secondary N) is 1. The van der Waals surface area contributed by atoms with Crippen molar-refractivity contribution in [3.8, 4) is 0 Å². The van der Waals surface area contributed by atoms with E-state index < -0.39 is 0 Å². The quantitative estimate of drug-likeness (QED) is 0.565. The van der Waals surface area contributed by atoms with E-state index in [9.17, 15) is 14.4 Å². The normalized spacial score (nSPS) is 35.3. The number of halogens is 2. The summed E-state index contributed by atoms with van der Waals surface area (Å²) in [4.78, 5) is 39.4. The monoisotopic (exact) mass is 448 g/mol. The SMILES string of the molecule is O=C(CCN1C(=O)[C@@H]2[C@H]3C=C[C@@H]([C@@H]4C[C@H]34)[C@@H]2C1=O)Nc1ccc(Br)cc1Cl. The van der Waals surface area contributed by atoms with Gasteiger partial charge in [0.05, 0.1) is 22.5 Å². The van der Waals surface area contributed by atoms with Crippen molar-refractivity contribution in [1.82, 2.24) is 4.90 Å². The molecule has 3 fully saturated rings. The van der Waals surface area contributed by atoms with Crippen LogP contribution in [0, 0.1) is 35.5 Å². The van der Waals surface area contributed by atoms with Crippen molar-refractivity contribution in [3.05, 3.63) is 39.8 Å². The van der Waals surface area contributed by atoms with Crippen LogP contribution < -0.4 is 5.32 Å². The van der Waals surface area contributed by atoms with Crippen LogP contribution in [0.25, 0.3) is 0 Å². The Bertz CT molecular complexity index is 865. The zero-order valence-corrected chi connectivity index (χ0v) is 16.7. The molecule has 1 aliphatic heterocycles. The van der Waals surface area contributed by atoms with Crippen molar-refractivity contribution < 1.29 is 14.4 Å². The maximum atomic E-state index is 12.9. The third-order valence-corrected chi connectivity index (χ3v) is 7.33. The number of carbonyl (C=O) groups is 3. The summed E-state index contributed by atoms with van der Waals surface area (Å²) in [5.74, 6) is 0.720. The minimum Gasteiger partial charge on any atom is -0.325 e. The fraction of sp³-hybridized carbons (Fsp3) is 0.450. The summed E-state index contributed by atoms with van der Waals surface area (Å²) >= 11 is 9.44. The second-order valence-corrected chi connectivity index (χ2v) is 9.23. The summed E-state index contributed by atoms with van der Waals surface area (Å²) in [5, 5.41) is 3.17. The molecule has 1 aromatic carbocycles. The van der Waals surface area contributed by atoms with Gasteiger partial charge in [0.1, 0.15) is 0 Å². The average molecular weight is 450 g/mol. The Morgan fingerprint density at radius 2 is 1.78 bits per heavy atom. The summed E-state index contributed by atoms with van der Waals surface area (Å²) in [6, 6.07) is 5.19. The highest BCUT2D eigenvalue weighted by Crippen LogP contribution is 2.65. The van der Waals surface area contributed by atoms with Crippen molar-refractivity contribution in [1.29, 1.82) is 0 Å². The first kappa shape index (κ1) is 17.4. The van der Waals surface area contributed by atoms with E-state index >= 15 is 0 Å². The van der Waals surface area contributed by atoms with Crippen LogP contribution in [-0.2, 0) is 14.4 Å². The third kappa shape index (κ3) is 2.68. The molecule has 7 heteroatoms. The minimum absolute atomic E-state index is 0.0684. The first-order valence-electron chi connectivity index (χ1n) is 9.24. The van der Waals surface area contributed by atoms with Gasteiger partial charge in [-0.2, -0.15) is 0 Å². The molecule has 5 nitrogen and oxygen atoms in total. The highest BCUT2D eigenvalue weighted by Gasteiger charge is 2.66. The highest BCUT2D eigenvalue weighted by atomic mass is 79.9. The Hall–Kier alpha value is -1.66. The van der Waals surface area contributed by atoms with Crippen LogP contribution >= 0.6 is 27.5 Å². The van der Waals surface area contributed by atoms with Crippen LogP contribution in [0.4, 0.5) is 5.69 Å². The summed E-state index contributed by atoms with van der Waals surface area (Å²) < 4.78 is 0.822. The standard InChI is InChI=1S/C20H18BrClN2O3/c21-9-1-4-15(14(22)7-9)23-16(25)5-6-24-19(26)17-10-2-3-11(13-8-12(10)13)18(17)20(24)27/h1-4,7,10-13,17-18H,5-6,8H2,(H,23,25)/t10-,11-,12-,13+,17-,18+/m0/s1. The molecule has 0 spiro atoms. The summed E-state index contributed by atoms with van der Waals surface area (Å²) in [6.45, 7) is 0.124. The van der Waals surface area contributed by atoms with Crippen molar-refractivity contribution in [2.75, 3.05) is 11.9 Å². The van der Waals surface area contributed by atoms with E-state index in [1.807, 2.05) is 0 Å². The molecule has 3 amide bonds. The molecule has 1 aromatic rings. The van der Waals surface area contributed by atoms with Gasteiger partial charge in [0, 0.05) is 17.4 Å². The molecular formula is C20H18BrClN2O3. The summed E-state index contributed by atoms with van der Waals surface area (Å²) in [5.41, 5.74) is 0.514. The summed E-state index contributed by atoms with van der Waals surface area (Å²) in [7, 11) is 0. The first-order chi connectivity index (χ1) is 13.0. The maximum Gasteiger partial charge on any atom is 0.233 e. The highest BCUT2D eigenvalue weighted by molar-refractivity contribution is 9.10. The first-order valence-corrected chi connectivity index (χ1v) is 10.4. The van der Waals surface area contributed by atoms with Crippen LogP contribution in [0.3, 0.4) is 0 Å². The Morgan fingerprint density at radius 3 is 2.37 bits per heavy atom. The number of likely N-dealkylation sites (tertiary alicyclic amines) is 1. The van der Waals surface area contributed by atoms with Crippen molar-refractivity contribution >= 4 is 50.9 Å². The second-order valence-electron chi connectivity index (χ2n) is 7.91. The fourth-order valence-electron chi connectivity index (χ4n) is 5.26. The van der Waals surface area contributed by atoms with Gasteiger partial charge in [-0.1, -0.05) is 39.7 Å². The molecular weight excluding hydrogens is 432 g/mol. The maximum absolute atomic E-state index is 12.9. The van der Waals surface area contributed by atoms with Gasteiger partial charge in [-0.25, -0.2) is 0 Å². The smallest absolute Gasteiger partial charge is 0.233 e. The lowest BCUT2D eigenvalue weighted by Gasteiger charge is -2.37. The Labute approximate surface area is 170 Å². The Morgan fingerprint density at radius 1 is 1.15 bits per heavy atom. The number of benzene rings is 1. The number of hydrogen-bond acceptors (Lipinski definition) is 3. The lowest BCUT2D eigenvalue weighted by molar-refractivity contribution is -0.140. The predicted octanol–water partition coefficient (Wildman–Crippen LogP) is 3.48. The number of carbonyl (C=O) groups excluding carboxylic acids is 3. The van der Waals surface area contributed by atoms with E-state index in [4.69, 9.17) is 11.6 Å². The van der Waals surface area contributed by atoms with Gasteiger partial charge >= 0.3 is 0 Å². The topological polar surface area (TPSA) is 66.5 Å². The van der Waals surface area contributed by atoms with Crippen LogP contribution in [-0.4, -0.2) is 29.2 Å². The van der Waals surface area contributed by atoms with E-state index in [-0.39, 0.29) is 54.4 Å². The number of rotatable bonds is 4. The van der Waals surface area contributed by atoms with Gasteiger partial charge in [-0.15, -0.1) is 0 Å². The van der Waals surface area contributed by atoms with Crippen LogP contribution in [0.15, 0.2) is 34.8 Å². The summed E-state index contributed by atoms with van der Waals surface area (Å²) in [6.07, 6.45) is 5.51. The van der Waals surface area contributed by atoms with E-state index in [0.717, 1.165) is 10.9 Å². The molecule has 4 aliphatic carbocycles. The molecule has 140 valence electrons. The Balaban J connectivity index is 1.25. The molecule has 1 N–H and O–H groups in total. The number of hydrogen-bond donors (Lipinski definition) is 1. The van der Waals surface area contributed by atoms with Crippen LogP contribution in [0.2, 0.25) is 5.02 Å². The largest absolute Gasteiger partial charge is 0.325 e. The van der Waals surface area contributed by atoms with Gasteiger partial charge in [0.15, 0.2) is 0 Å². The fourth-order valence-corrected chi connectivity index (χ4v) is 5.98. The molecule has 0 unspecified atom stereocenters. The number of amides is 3. The number of nitrogens with zero attached hydrogens (tertiary/aromatic N) is 1. The van der Waals surface area contributed by atoms with Gasteiger partial charge in [-0.05, 0) is 48.3 Å². The Kier molecular flexibility index (Phi) is 3.99. The van der Waals surface area contributed by atoms with E-state index in [1.165, 1.54) is 4.90 Å². The predicted molar refractivity (Wildman–Crippen MR) is 104 cm³/mol. The number of imide groups is 1. The zero-order valence-electron chi connectivity index (χ0n) is 14.4. The van der Waals surface area contributed by atoms with E-state index in [1.54, 1.807) is 18.2 Å². The van der Waals surface area contributed by atoms with E-state index in [0.29, 0.717) is 22.5 Å². The lowest BCUT2D eigenvalue weighted by Crippen LogP contribution is -2.40. The molecule has 6 rings (SSSR count). The number of allylic oxidation sites excluding steroid dienone is 2. The molecule has 0 radical (unpaired) electrons. The van der Waals surface area contributed by atoms with Gasteiger partial charge in [0.25, 0.3) is 0 Å². The van der Waals surface area contributed by atoms with Crippen molar-refractivity contribution in [2.24, 2.45) is 35.5 Å². The van der Waals surface area contributed by atoms with Gasteiger partial charge < -0.3 is 5.32 Å². The van der Waals surface area contributed by atoms with Crippen LogP contribution in [0.1, 0.15) is 12.8 Å². The van der Waals surface area contributed by atoms with Crippen molar-refractivity contribution in [3.63, 3.8) is 0 Å². The molecule has 1 heterocycles. The van der Waals surface area contributed by atoms with Gasteiger partial charge in [-0.3, -0.25) is 19.3 Å². The van der Waals surface area contributed by atoms with Crippen LogP contribution in [0.5, 0.6) is 0 Å². The molecule has 0 aromatic heterocycles. The third-order valence-electron chi connectivity index (χ3n) is 6.52. The minimum atomic E-state index is -0.265. The number of anilines is 1. The average Bonchev–Trinajstić information content (AvgIpc) is 3.41. The second kappa shape index (κ2) is 6.17. The van der Waals surface area contributed by atoms with Gasteiger partial charge in [0.2, 0.25) is 17.7 Å². The molecule has 27 heavy (non-hydrogen) atoms. The van der Waals surface area contributed by atoms with Crippen molar-refractivity contribution in [2.45, 2.75) is 12.8 Å². The molecule has 2 saturated carbocycles. The molecule has 2 bridgehead atoms.